The third kappa shape index (κ3) is 4.48. The quantitative estimate of drug-likeness (QED) is 0.724. The van der Waals surface area contributed by atoms with Crippen LogP contribution in [0.4, 0.5) is 5.69 Å². The maximum atomic E-state index is 8.61. The molecule has 1 aromatic carbocycles. The van der Waals surface area contributed by atoms with Crippen LogP contribution in [0.1, 0.15) is 18.9 Å². The van der Waals surface area contributed by atoms with Crippen LogP contribution in [0.3, 0.4) is 0 Å². The number of benzene rings is 1. The molecule has 3 heteroatoms. The van der Waals surface area contributed by atoms with E-state index in [2.05, 4.69) is 18.3 Å². The molecule has 0 aromatic heterocycles. The van der Waals surface area contributed by atoms with Gasteiger partial charge in [0.05, 0.1) is 18.2 Å². The Kier molecular flexibility index (Phi) is 5.28. The molecule has 0 aliphatic heterocycles. The second-order valence-corrected chi connectivity index (χ2v) is 3.23. The molecule has 1 rings (SSSR count). The SMILES string of the molecule is CCCOCCNc1ccc(C#N)cc1. The molecule has 0 radical (unpaired) electrons. The van der Waals surface area contributed by atoms with Crippen molar-refractivity contribution in [1.82, 2.24) is 0 Å². The number of hydrogen-bond acceptors (Lipinski definition) is 3. The molecular formula is C12H16N2O. The molecule has 1 N–H and O–H groups in total. The van der Waals surface area contributed by atoms with E-state index in [1.165, 1.54) is 0 Å². The standard InChI is InChI=1S/C12H16N2O/c1-2-8-15-9-7-14-12-5-3-11(10-13)4-6-12/h3-6,14H,2,7-9H2,1H3. The van der Waals surface area contributed by atoms with Gasteiger partial charge in [0.25, 0.3) is 0 Å². The maximum Gasteiger partial charge on any atom is 0.0991 e. The van der Waals surface area contributed by atoms with Crippen LogP contribution in [0.2, 0.25) is 0 Å². The summed E-state index contributed by atoms with van der Waals surface area (Å²) < 4.78 is 5.33. The summed E-state index contributed by atoms with van der Waals surface area (Å²) in [4.78, 5) is 0. The van der Waals surface area contributed by atoms with Crippen molar-refractivity contribution in [3.05, 3.63) is 29.8 Å². The Morgan fingerprint density at radius 2 is 2.00 bits per heavy atom. The lowest BCUT2D eigenvalue weighted by Gasteiger charge is -2.06. The van der Waals surface area contributed by atoms with Gasteiger partial charge in [-0.3, -0.25) is 0 Å². The Morgan fingerprint density at radius 3 is 2.60 bits per heavy atom. The summed E-state index contributed by atoms with van der Waals surface area (Å²) >= 11 is 0. The van der Waals surface area contributed by atoms with Crippen molar-refractivity contribution >= 4 is 5.69 Å². The first kappa shape index (κ1) is 11.5. The number of rotatable bonds is 6. The summed E-state index contributed by atoms with van der Waals surface area (Å²) in [6.07, 6.45) is 1.05. The van der Waals surface area contributed by atoms with Crippen molar-refractivity contribution < 1.29 is 4.74 Å². The van der Waals surface area contributed by atoms with Gasteiger partial charge in [0.15, 0.2) is 0 Å². The van der Waals surface area contributed by atoms with E-state index in [0.717, 1.165) is 25.3 Å². The maximum absolute atomic E-state index is 8.61. The predicted octanol–water partition coefficient (Wildman–Crippen LogP) is 2.40. The summed E-state index contributed by atoms with van der Waals surface area (Å²) in [6.45, 7) is 4.42. The van der Waals surface area contributed by atoms with Crippen molar-refractivity contribution in [3.8, 4) is 6.07 Å². The molecule has 0 spiro atoms. The lowest BCUT2D eigenvalue weighted by Crippen LogP contribution is -2.09. The minimum absolute atomic E-state index is 0.683. The van der Waals surface area contributed by atoms with E-state index in [1.807, 2.05) is 12.1 Å². The molecule has 3 nitrogen and oxygen atoms in total. The highest BCUT2D eigenvalue weighted by Crippen LogP contribution is 2.07. The molecule has 15 heavy (non-hydrogen) atoms. The highest BCUT2D eigenvalue weighted by atomic mass is 16.5. The average molecular weight is 204 g/mol. The summed E-state index contributed by atoms with van der Waals surface area (Å²) in [5, 5.41) is 11.8. The van der Waals surface area contributed by atoms with E-state index >= 15 is 0 Å². The lowest BCUT2D eigenvalue weighted by atomic mass is 10.2. The predicted molar refractivity (Wildman–Crippen MR) is 60.8 cm³/mol. The van der Waals surface area contributed by atoms with Gasteiger partial charge < -0.3 is 10.1 Å². The van der Waals surface area contributed by atoms with E-state index in [0.29, 0.717) is 12.2 Å². The van der Waals surface area contributed by atoms with Gasteiger partial charge in [-0.2, -0.15) is 5.26 Å². The molecule has 0 fully saturated rings. The van der Waals surface area contributed by atoms with Gasteiger partial charge >= 0.3 is 0 Å². The Hall–Kier alpha value is -1.53. The molecule has 0 aliphatic carbocycles. The molecule has 0 saturated heterocycles. The first-order valence-electron chi connectivity index (χ1n) is 5.18. The Morgan fingerprint density at radius 1 is 1.27 bits per heavy atom. The Bertz CT molecular complexity index is 313. The summed E-state index contributed by atoms with van der Waals surface area (Å²) in [5.74, 6) is 0. The van der Waals surface area contributed by atoms with E-state index in [1.54, 1.807) is 12.1 Å². The fourth-order valence-corrected chi connectivity index (χ4v) is 1.18. The second kappa shape index (κ2) is 6.86. The lowest BCUT2D eigenvalue weighted by molar-refractivity contribution is 0.144. The van der Waals surface area contributed by atoms with Crippen molar-refractivity contribution in [2.45, 2.75) is 13.3 Å². The molecule has 0 atom stereocenters. The number of anilines is 1. The van der Waals surface area contributed by atoms with Gasteiger partial charge in [0.1, 0.15) is 0 Å². The fraction of sp³-hybridized carbons (Fsp3) is 0.417. The smallest absolute Gasteiger partial charge is 0.0991 e. The second-order valence-electron chi connectivity index (χ2n) is 3.23. The average Bonchev–Trinajstić information content (AvgIpc) is 2.30. The monoisotopic (exact) mass is 204 g/mol. The summed E-state index contributed by atoms with van der Waals surface area (Å²) in [6, 6.07) is 9.49. The van der Waals surface area contributed by atoms with Gasteiger partial charge in [-0.25, -0.2) is 0 Å². The van der Waals surface area contributed by atoms with E-state index in [4.69, 9.17) is 10.00 Å². The third-order valence-corrected chi connectivity index (χ3v) is 1.94. The van der Waals surface area contributed by atoms with Gasteiger partial charge in [0, 0.05) is 18.8 Å². The number of hydrogen-bond donors (Lipinski definition) is 1. The first-order valence-corrected chi connectivity index (χ1v) is 5.18. The zero-order chi connectivity index (χ0) is 10.9. The van der Waals surface area contributed by atoms with Crippen molar-refractivity contribution in [2.75, 3.05) is 25.1 Å². The molecule has 0 aliphatic rings. The molecule has 0 saturated carbocycles. The van der Waals surface area contributed by atoms with E-state index < -0.39 is 0 Å². The normalized spacial score (nSPS) is 9.60. The number of nitrogens with zero attached hydrogens (tertiary/aromatic N) is 1. The molecule has 80 valence electrons. The van der Waals surface area contributed by atoms with Crippen molar-refractivity contribution in [1.29, 1.82) is 5.26 Å². The van der Waals surface area contributed by atoms with Gasteiger partial charge in [-0.05, 0) is 30.7 Å². The van der Waals surface area contributed by atoms with E-state index in [9.17, 15) is 0 Å². The number of nitrogens with one attached hydrogen (secondary N) is 1. The molecule has 1 aromatic rings. The van der Waals surface area contributed by atoms with Crippen LogP contribution in [-0.2, 0) is 4.74 Å². The van der Waals surface area contributed by atoms with Gasteiger partial charge in [-0.1, -0.05) is 6.92 Å². The Labute approximate surface area is 90.7 Å². The summed E-state index contributed by atoms with van der Waals surface area (Å²) in [5.41, 5.74) is 1.71. The van der Waals surface area contributed by atoms with E-state index in [-0.39, 0.29) is 0 Å². The molecule has 0 unspecified atom stereocenters. The topological polar surface area (TPSA) is 45.0 Å². The molecular weight excluding hydrogens is 188 g/mol. The van der Waals surface area contributed by atoms with Gasteiger partial charge in [-0.15, -0.1) is 0 Å². The minimum atomic E-state index is 0.683. The van der Waals surface area contributed by atoms with Crippen LogP contribution in [0.25, 0.3) is 0 Å². The molecule has 0 bridgehead atoms. The zero-order valence-corrected chi connectivity index (χ0v) is 8.99. The van der Waals surface area contributed by atoms with Crippen LogP contribution >= 0.6 is 0 Å². The first-order chi connectivity index (χ1) is 7.36. The highest BCUT2D eigenvalue weighted by molar-refractivity contribution is 5.46. The largest absolute Gasteiger partial charge is 0.383 e. The van der Waals surface area contributed by atoms with Crippen LogP contribution in [-0.4, -0.2) is 19.8 Å². The van der Waals surface area contributed by atoms with Gasteiger partial charge in [0.2, 0.25) is 0 Å². The molecule has 0 amide bonds. The Balaban J connectivity index is 2.23. The van der Waals surface area contributed by atoms with Crippen molar-refractivity contribution in [3.63, 3.8) is 0 Å². The third-order valence-electron chi connectivity index (χ3n) is 1.94. The molecule has 0 heterocycles. The number of nitriles is 1. The highest BCUT2D eigenvalue weighted by Gasteiger charge is 1.92. The van der Waals surface area contributed by atoms with Crippen LogP contribution < -0.4 is 5.32 Å². The van der Waals surface area contributed by atoms with Crippen LogP contribution in [0.5, 0.6) is 0 Å². The summed E-state index contributed by atoms with van der Waals surface area (Å²) in [7, 11) is 0. The minimum Gasteiger partial charge on any atom is -0.383 e. The van der Waals surface area contributed by atoms with Crippen LogP contribution in [0, 0.1) is 11.3 Å². The zero-order valence-electron chi connectivity index (χ0n) is 8.99. The van der Waals surface area contributed by atoms with Crippen molar-refractivity contribution in [2.24, 2.45) is 0 Å². The number of ether oxygens (including phenoxy) is 1. The van der Waals surface area contributed by atoms with Crippen LogP contribution in [0.15, 0.2) is 24.3 Å². The fourth-order valence-electron chi connectivity index (χ4n) is 1.18.